The molecule has 0 spiro atoms. The number of H-pyrrole nitrogens is 1. The Balaban J connectivity index is 2.15. The molecule has 0 bridgehead atoms. The van der Waals surface area contributed by atoms with E-state index in [2.05, 4.69) is 16.3 Å². The number of nitrogens with one attached hydrogen (secondary N) is 1. The molecule has 0 amide bonds. The largest absolute Gasteiger partial charge is 0.496 e. The van der Waals surface area contributed by atoms with Crippen LogP contribution in [0.3, 0.4) is 0 Å². The average molecular weight is 231 g/mol. The number of hydrogen-bond donors (Lipinski definition) is 2. The first-order valence-electron chi connectivity index (χ1n) is 5.36. The number of rotatable bonds is 2. The zero-order valence-electron chi connectivity index (χ0n) is 9.49. The van der Waals surface area contributed by atoms with Gasteiger partial charge in [0.1, 0.15) is 11.6 Å². The molecule has 1 aliphatic rings. The highest BCUT2D eigenvalue weighted by Gasteiger charge is 2.17. The lowest BCUT2D eigenvalue weighted by Gasteiger charge is -2.09. The van der Waals surface area contributed by atoms with Crippen molar-refractivity contribution in [1.29, 1.82) is 0 Å². The van der Waals surface area contributed by atoms with Gasteiger partial charge in [-0.3, -0.25) is 5.10 Å². The first-order chi connectivity index (χ1) is 8.28. The number of methoxy groups -OCH3 is 1. The zero-order valence-corrected chi connectivity index (χ0v) is 9.49. The lowest BCUT2D eigenvalue weighted by atomic mass is 10.0. The molecule has 88 valence electrons. The Bertz CT molecular complexity index is 563. The van der Waals surface area contributed by atoms with Crippen molar-refractivity contribution in [2.24, 2.45) is 0 Å². The van der Waals surface area contributed by atoms with E-state index in [9.17, 15) is 0 Å². The summed E-state index contributed by atoms with van der Waals surface area (Å²) < 4.78 is 10.8. The molecule has 0 saturated heterocycles. The van der Waals surface area contributed by atoms with Crippen LogP contribution in [-0.4, -0.2) is 17.3 Å². The van der Waals surface area contributed by atoms with E-state index >= 15 is 0 Å². The van der Waals surface area contributed by atoms with Gasteiger partial charge in [0.2, 0.25) is 0 Å². The number of benzene rings is 1. The lowest BCUT2D eigenvalue weighted by molar-refractivity contribution is 0.134. The Morgan fingerprint density at radius 2 is 2.06 bits per heavy atom. The summed E-state index contributed by atoms with van der Waals surface area (Å²) in [6.07, 6.45) is 0. The highest BCUT2D eigenvalue weighted by atomic mass is 16.5. The van der Waals surface area contributed by atoms with Crippen molar-refractivity contribution in [3.05, 3.63) is 29.3 Å². The molecule has 1 aliphatic heterocycles. The second-order valence-corrected chi connectivity index (χ2v) is 4.02. The average Bonchev–Trinajstić information content (AvgIpc) is 2.94. The minimum Gasteiger partial charge on any atom is -0.496 e. The molecule has 17 heavy (non-hydrogen) atoms. The van der Waals surface area contributed by atoms with Crippen LogP contribution >= 0.6 is 0 Å². The molecular formula is C12H13N3O2. The van der Waals surface area contributed by atoms with Crippen LogP contribution in [0.25, 0.3) is 11.3 Å². The van der Waals surface area contributed by atoms with Gasteiger partial charge in [0.15, 0.2) is 0 Å². The molecule has 0 fully saturated rings. The fraction of sp³-hybridized carbons (Fsp3) is 0.250. The van der Waals surface area contributed by atoms with Gasteiger partial charge in [0, 0.05) is 11.6 Å². The number of ether oxygens (including phenoxy) is 2. The Labute approximate surface area is 98.5 Å². The molecule has 5 nitrogen and oxygen atoms in total. The lowest BCUT2D eigenvalue weighted by Crippen LogP contribution is -1.92. The predicted molar refractivity (Wildman–Crippen MR) is 63.5 cm³/mol. The van der Waals surface area contributed by atoms with Gasteiger partial charge in [-0.15, -0.1) is 0 Å². The summed E-state index contributed by atoms with van der Waals surface area (Å²) in [4.78, 5) is 0. The van der Waals surface area contributed by atoms with Crippen LogP contribution in [0.1, 0.15) is 11.1 Å². The number of anilines is 1. The number of hydrogen-bond acceptors (Lipinski definition) is 4. The first kappa shape index (κ1) is 10.2. The van der Waals surface area contributed by atoms with E-state index in [0.717, 1.165) is 17.0 Å². The fourth-order valence-electron chi connectivity index (χ4n) is 2.06. The topological polar surface area (TPSA) is 73.2 Å². The van der Waals surface area contributed by atoms with Gasteiger partial charge < -0.3 is 15.2 Å². The van der Waals surface area contributed by atoms with E-state index in [4.69, 9.17) is 15.2 Å². The smallest absolute Gasteiger partial charge is 0.145 e. The second-order valence-electron chi connectivity index (χ2n) is 4.02. The van der Waals surface area contributed by atoms with E-state index in [1.54, 1.807) is 13.2 Å². The monoisotopic (exact) mass is 231 g/mol. The van der Waals surface area contributed by atoms with Gasteiger partial charge in [-0.2, -0.15) is 5.10 Å². The minimum absolute atomic E-state index is 0.471. The molecule has 0 radical (unpaired) electrons. The third-order valence-corrected chi connectivity index (χ3v) is 2.92. The fourth-order valence-corrected chi connectivity index (χ4v) is 2.06. The molecular weight excluding hydrogens is 218 g/mol. The third kappa shape index (κ3) is 1.64. The summed E-state index contributed by atoms with van der Waals surface area (Å²) in [5.74, 6) is 1.27. The summed E-state index contributed by atoms with van der Waals surface area (Å²) in [6, 6.07) is 5.86. The van der Waals surface area contributed by atoms with Gasteiger partial charge in [-0.05, 0) is 23.3 Å². The quantitative estimate of drug-likeness (QED) is 0.825. The summed E-state index contributed by atoms with van der Waals surface area (Å²) in [7, 11) is 1.65. The van der Waals surface area contributed by atoms with Gasteiger partial charge >= 0.3 is 0 Å². The number of nitrogens with two attached hydrogens (primary N) is 1. The number of nitrogen functional groups attached to an aromatic ring is 1. The summed E-state index contributed by atoms with van der Waals surface area (Å²) >= 11 is 0. The Morgan fingerprint density at radius 1 is 1.29 bits per heavy atom. The molecule has 2 heterocycles. The van der Waals surface area contributed by atoms with Crippen LogP contribution < -0.4 is 10.5 Å². The molecule has 3 rings (SSSR count). The molecule has 0 aliphatic carbocycles. The van der Waals surface area contributed by atoms with Crippen LogP contribution in [-0.2, 0) is 18.0 Å². The number of fused-ring (bicyclic) bond motifs is 1. The second kappa shape index (κ2) is 3.78. The molecule has 1 aromatic heterocycles. The van der Waals surface area contributed by atoms with Crippen molar-refractivity contribution < 1.29 is 9.47 Å². The van der Waals surface area contributed by atoms with Crippen LogP contribution in [0.5, 0.6) is 5.75 Å². The predicted octanol–water partition coefficient (Wildman–Crippen LogP) is 1.70. The molecule has 0 atom stereocenters. The Morgan fingerprint density at radius 3 is 2.71 bits per heavy atom. The van der Waals surface area contributed by atoms with Gasteiger partial charge in [0.25, 0.3) is 0 Å². The molecule has 0 saturated carbocycles. The third-order valence-electron chi connectivity index (χ3n) is 2.92. The first-order valence-corrected chi connectivity index (χ1v) is 5.36. The van der Waals surface area contributed by atoms with Crippen molar-refractivity contribution in [2.75, 3.05) is 12.8 Å². The summed E-state index contributed by atoms with van der Waals surface area (Å²) in [6.45, 7) is 1.30. The van der Waals surface area contributed by atoms with Crippen LogP contribution in [0.15, 0.2) is 18.2 Å². The number of aromatic nitrogens is 2. The number of aromatic amines is 1. The Kier molecular flexibility index (Phi) is 2.26. The van der Waals surface area contributed by atoms with Crippen LogP contribution in [0.2, 0.25) is 0 Å². The SMILES string of the molecule is COc1cc2c(cc1-c1cc(N)n[nH]1)COC2. The van der Waals surface area contributed by atoms with Crippen molar-refractivity contribution in [1.82, 2.24) is 10.2 Å². The van der Waals surface area contributed by atoms with Crippen LogP contribution in [0, 0.1) is 0 Å². The maximum absolute atomic E-state index is 5.61. The van der Waals surface area contributed by atoms with Crippen molar-refractivity contribution in [3.8, 4) is 17.0 Å². The molecule has 5 heteroatoms. The normalized spacial score (nSPS) is 13.7. The highest BCUT2D eigenvalue weighted by molar-refractivity contribution is 5.71. The standard InChI is InChI=1S/C12H13N3O2/c1-16-11-3-8-6-17-5-7(8)2-9(11)10-4-12(13)15-14-10/h2-4H,5-6H2,1H3,(H3,13,14,15). The molecule has 1 aromatic carbocycles. The number of nitrogens with zero attached hydrogens (tertiary/aromatic N) is 1. The minimum atomic E-state index is 0.471. The molecule has 2 aromatic rings. The van der Waals surface area contributed by atoms with Gasteiger partial charge in [-0.1, -0.05) is 0 Å². The summed E-state index contributed by atoms with van der Waals surface area (Å²) in [5, 5.41) is 6.82. The molecule has 0 unspecified atom stereocenters. The van der Waals surface area contributed by atoms with Crippen molar-refractivity contribution in [3.63, 3.8) is 0 Å². The van der Waals surface area contributed by atoms with E-state index in [1.165, 1.54) is 11.1 Å². The maximum atomic E-state index is 5.61. The van der Waals surface area contributed by atoms with E-state index in [1.807, 2.05) is 6.07 Å². The van der Waals surface area contributed by atoms with E-state index in [-0.39, 0.29) is 0 Å². The van der Waals surface area contributed by atoms with E-state index < -0.39 is 0 Å². The maximum Gasteiger partial charge on any atom is 0.145 e. The summed E-state index contributed by atoms with van der Waals surface area (Å²) in [5.41, 5.74) is 9.79. The zero-order chi connectivity index (χ0) is 11.8. The highest BCUT2D eigenvalue weighted by Crippen LogP contribution is 2.35. The Hall–Kier alpha value is -2.01. The van der Waals surface area contributed by atoms with Crippen LogP contribution in [0.4, 0.5) is 5.82 Å². The van der Waals surface area contributed by atoms with Crippen molar-refractivity contribution >= 4 is 5.82 Å². The molecule has 3 N–H and O–H groups in total. The van der Waals surface area contributed by atoms with E-state index in [0.29, 0.717) is 19.0 Å². The van der Waals surface area contributed by atoms with Gasteiger partial charge in [0.05, 0.1) is 26.0 Å². The van der Waals surface area contributed by atoms with Gasteiger partial charge in [-0.25, -0.2) is 0 Å². The van der Waals surface area contributed by atoms with Crippen molar-refractivity contribution in [2.45, 2.75) is 13.2 Å².